The first kappa shape index (κ1) is 16.1. The Hall–Kier alpha value is -1.77. The van der Waals surface area contributed by atoms with E-state index >= 15 is 0 Å². The molecule has 5 nitrogen and oxygen atoms in total. The molecule has 0 amide bonds. The fraction of sp³-hybridized carbons (Fsp3) is 0. The van der Waals surface area contributed by atoms with Gasteiger partial charge in [-0.15, -0.1) is 10.2 Å². The Bertz CT molecular complexity index is 906. The highest BCUT2D eigenvalue weighted by Crippen LogP contribution is 2.38. The van der Waals surface area contributed by atoms with Crippen LogP contribution >= 0.6 is 44.1 Å². The molecule has 0 fully saturated rings. The molecule has 1 heterocycles. The van der Waals surface area contributed by atoms with Gasteiger partial charge < -0.3 is 15.4 Å². The minimum absolute atomic E-state index is 0.0536. The van der Waals surface area contributed by atoms with Crippen LogP contribution in [0.3, 0.4) is 0 Å². The van der Waals surface area contributed by atoms with Gasteiger partial charge >= 0.3 is 0 Å². The van der Waals surface area contributed by atoms with Crippen LogP contribution in [-0.2, 0) is 0 Å². The molecule has 0 spiro atoms. The van der Waals surface area contributed by atoms with Crippen molar-refractivity contribution in [1.29, 1.82) is 0 Å². The van der Waals surface area contributed by atoms with E-state index in [0.717, 1.165) is 25.5 Å². The highest BCUT2D eigenvalue weighted by molar-refractivity contribution is 9.11. The van der Waals surface area contributed by atoms with Crippen LogP contribution in [0.2, 0.25) is 0 Å². The number of para-hydroxylation sites is 1. The van der Waals surface area contributed by atoms with Crippen LogP contribution in [-0.4, -0.2) is 15.2 Å². The lowest BCUT2D eigenvalue weighted by Crippen LogP contribution is -2.04. The molecule has 1 aromatic heterocycles. The van der Waals surface area contributed by atoms with Crippen molar-refractivity contribution in [2.24, 2.45) is 10.2 Å². The standard InChI is InChI=1S/C15H10Br2N4OS/c16-8-4-6-9(7-5-8)18-15(23)21-20-13-10-2-1-3-11(17)12(10)19-14(13)22/h1-7,19,22H,(H,18,23). The number of benzene rings is 2. The van der Waals surface area contributed by atoms with Gasteiger partial charge in [0.2, 0.25) is 11.0 Å². The van der Waals surface area contributed by atoms with Crippen molar-refractivity contribution in [1.82, 2.24) is 4.98 Å². The normalized spacial score (nSPS) is 11.2. The molecule has 0 aliphatic carbocycles. The molecule has 0 radical (unpaired) electrons. The Labute approximate surface area is 154 Å². The fourth-order valence-corrected chi connectivity index (χ4v) is 2.92. The van der Waals surface area contributed by atoms with E-state index < -0.39 is 0 Å². The van der Waals surface area contributed by atoms with E-state index in [9.17, 15) is 5.11 Å². The zero-order valence-electron chi connectivity index (χ0n) is 11.5. The second-order valence-electron chi connectivity index (χ2n) is 4.62. The Morgan fingerprint density at radius 1 is 1.13 bits per heavy atom. The van der Waals surface area contributed by atoms with E-state index in [0.29, 0.717) is 5.69 Å². The second kappa shape index (κ2) is 6.77. The van der Waals surface area contributed by atoms with E-state index in [1.54, 1.807) is 0 Å². The molecule has 2 aromatic carbocycles. The molecule has 8 heteroatoms. The quantitative estimate of drug-likeness (QED) is 0.335. The molecule has 3 aromatic rings. The number of fused-ring (bicyclic) bond motifs is 1. The summed E-state index contributed by atoms with van der Waals surface area (Å²) < 4.78 is 1.81. The zero-order chi connectivity index (χ0) is 16.4. The van der Waals surface area contributed by atoms with Crippen molar-refractivity contribution in [3.05, 3.63) is 51.4 Å². The van der Waals surface area contributed by atoms with Crippen molar-refractivity contribution in [2.75, 3.05) is 5.32 Å². The van der Waals surface area contributed by atoms with Gasteiger partial charge in [-0.3, -0.25) is 0 Å². The molecular formula is C15H10Br2N4OS. The van der Waals surface area contributed by atoms with Gasteiger partial charge in [-0.05, 0) is 58.5 Å². The summed E-state index contributed by atoms with van der Waals surface area (Å²) in [6.45, 7) is 0. The van der Waals surface area contributed by atoms with E-state index in [-0.39, 0.29) is 11.0 Å². The van der Waals surface area contributed by atoms with E-state index in [1.807, 2.05) is 42.5 Å². The van der Waals surface area contributed by atoms with Crippen molar-refractivity contribution >= 4 is 71.5 Å². The van der Waals surface area contributed by atoms with Gasteiger partial charge in [0.1, 0.15) is 0 Å². The lowest BCUT2D eigenvalue weighted by atomic mass is 10.2. The van der Waals surface area contributed by atoms with E-state index in [2.05, 4.69) is 52.4 Å². The van der Waals surface area contributed by atoms with Gasteiger partial charge in [0, 0.05) is 20.0 Å². The smallest absolute Gasteiger partial charge is 0.218 e. The van der Waals surface area contributed by atoms with E-state index in [1.165, 1.54) is 0 Å². The number of aromatic hydroxyl groups is 1. The van der Waals surface area contributed by atoms with Crippen LogP contribution in [0.15, 0.2) is 61.6 Å². The number of hydrogen-bond donors (Lipinski definition) is 3. The Balaban J connectivity index is 1.82. The number of H-pyrrole nitrogens is 1. The number of hydrogen-bond acceptors (Lipinski definition) is 3. The number of azo groups is 1. The van der Waals surface area contributed by atoms with Crippen LogP contribution in [0.1, 0.15) is 0 Å². The largest absolute Gasteiger partial charge is 0.493 e. The molecule has 0 saturated carbocycles. The van der Waals surface area contributed by atoms with Crippen LogP contribution in [0.4, 0.5) is 11.4 Å². The van der Waals surface area contributed by atoms with Crippen molar-refractivity contribution in [3.8, 4) is 5.88 Å². The molecule has 0 unspecified atom stereocenters. The summed E-state index contributed by atoms with van der Waals surface area (Å²) in [5, 5.41) is 21.9. The molecule has 3 N–H and O–H groups in total. The minimum atomic E-state index is -0.0536. The number of nitrogens with one attached hydrogen (secondary N) is 2. The number of anilines is 1. The minimum Gasteiger partial charge on any atom is -0.493 e. The average molecular weight is 454 g/mol. The van der Waals surface area contributed by atoms with Crippen LogP contribution in [0, 0.1) is 0 Å². The average Bonchev–Trinajstić information content (AvgIpc) is 2.85. The first-order valence-electron chi connectivity index (χ1n) is 6.52. The number of thiocarbonyl (C=S) groups is 1. The molecule has 0 atom stereocenters. The molecule has 0 aliphatic heterocycles. The molecule has 0 saturated heterocycles. The van der Waals surface area contributed by atoms with Crippen LogP contribution in [0.5, 0.6) is 5.88 Å². The van der Waals surface area contributed by atoms with Gasteiger partial charge in [0.25, 0.3) is 0 Å². The highest BCUT2D eigenvalue weighted by Gasteiger charge is 2.12. The molecule has 0 bridgehead atoms. The first-order valence-corrected chi connectivity index (χ1v) is 8.51. The number of aromatic amines is 1. The molecular weight excluding hydrogens is 444 g/mol. The molecule has 0 aliphatic rings. The Kier molecular flexibility index (Phi) is 4.74. The van der Waals surface area contributed by atoms with Crippen LogP contribution < -0.4 is 5.32 Å². The van der Waals surface area contributed by atoms with Gasteiger partial charge in [0.05, 0.1) is 5.52 Å². The topological polar surface area (TPSA) is 72.8 Å². The van der Waals surface area contributed by atoms with Crippen LogP contribution in [0.25, 0.3) is 10.9 Å². The summed E-state index contributed by atoms with van der Waals surface area (Å²) >= 11 is 11.9. The summed E-state index contributed by atoms with van der Waals surface area (Å²) in [4.78, 5) is 2.86. The lowest BCUT2D eigenvalue weighted by Gasteiger charge is -2.02. The predicted octanol–water partition coefficient (Wildman–Crippen LogP) is 5.88. The van der Waals surface area contributed by atoms with Crippen molar-refractivity contribution in [3.63, 3.8) is 0 Å². The zero-order valence-corrected chi connectivity index (χ0v) is 15.5. The van der Waals surface area contributed by atoms with Crippen molar-refractivity contribution in [2.45, 2.75) is 0 Å². The fourth-order valence-electron chi connectivity index (χ4n) is 2.03. The maximum Gasteiger partial charge on any atom is 0.218 e. The third-order valence-electron chi connectivity index (χ3n) is 3.07. The predicted molar refractivity (Wildman–Crippen MR) is 103 cm³/mol. The third kappa shape index (κ3) is 3.60. The van der Waals surface area contributed by atoms with E-state index in [4.69, 9.17) is 12.2 Å². The first-order chi connectivity index (χ1) is 11.0. The third-order valence-corrected chi connectivity index (χ3v) is 4.45. The van der Waals surface area contributed by atoms with Gasteiger partial charge in [-0.25, -0.2) is 0 Å². The molecule has 23 heavy (non-hydrogen) atoms. The summed E-state index contributed by atoms with van der Waals surface area (Å²) in [5.41, 5.74) is 1.91. The van der Waals surface area contributed by atoms with Crippen molar-refractivity contribution < 1.29 is 5.11 Å². The summed E-state index contributed by atoms with van der Waals surface area (Å²) in [5.74, 6) is -0.0536. The summed E-state index contributed by atoms with van der Waals surface area (Å²) in [6, 6.07) is 13.1. The lowest BCUT2D eigenvalue weighted by molar-refractivity contribution is 0.459. The Morgan fingerprint density at radius 3 is 2.61 bits per heavy atom. The highest BCUT2D eigenvalue weighted by atomic mass is 79.9. The summed E-state index contributed by atoms with van der Waals surface area (Å²) in [7, 11) is 0. The molecule has 3 rings (SSSR count). The van der Waals surface area contributed by atoms with Gasteiger partial charge in [-0.1, -0.05) is 28.1 Å². The number of halogens is 2. The summed E-state index contributed by atoms with van der Waals surface area (Å²) in [6.07, 6.45) is 0. The molecule has 116 valence electrons. The number of aromatic nitrogens is 1. The Morgan fingerprint density at radius 2 is 1.87 bits per heavy atom. The van der Waals surface area contributed by atoms with Gasteiger partial charge in [0.15, 0.2) is 5.69 Å². The second-order valence-corrected chi connectivity index (χ2v) is 6.78. The SMILES string of the molecule is Oc1[nH]c2c(Br)cccc2c1N=NC(=S)Nc1ccc(Br)cc1. The van der Waals surface area contributed by atoms with Gasteiger partial charge in [-0.2, -0.15) is 0 Å². The maximum atomic E-state index is 9.99. The number of rotatable bonds is 2. The monoisotopic (exact) mass is 452 g/mol. The maximum absolute atomic E-state index is 9.99. The number of nitrogens with zero attached hydrogens (tertiary/aromatic N) is 2.